The fourth-order valence-electron chi connectivity index (χ4n) is 1.79. The average Bonchev–Trinajstić information content (AvgIpc) is 2.81. The Balaban J connectivity index is 2.29. The molecule has 1 amide bonds. The van der Waals surface area contributed by atoms with E-state index >= 15 is 0 Å². The van der Waals surface area contributed by atoms with Crippen LogP contribution in [0.15, 0.2) is 27.9 Å². The van der Waals surface area contributed by atoms with Crippen molar-refractivity contribution in [2.75, 3.05) is 19.5 Å². The topological polar surface area (TPSA) is 118 Å². The lowest BCUT2D eigenvalue weighted by atomic mass is 10.2. The zero-order valence-electron chi connectivity index (χ0n) is 12.6. The Kier molecular flexibility index (Phi) is 5.22. The zero-order valence-corrected chi connectivity index (χ0v) is 14.2. The number of halogens is 1. The minimum absolute atomic E-state index is 0.235. The molecule has 122 valence electrons. The molecule has 0 radical (unpaired) electrons. The van der Waals surface area contributed by atoms with Gasteiger partial charge in [0.15, 0.2) is 18.1 Å². The molecule has 0 atom stereocenters. The number of rotatable bonds is 6. The highest BCUT2D eigenvalue weighted by molar-refractivity contribution is 9.10. The number of benzene rings is 1. The summed E-state index contributed by atoms with van der Waals surface area (Å²) >= 11 is 3.42. The fraction of sp³-hybridized carbons (Fsp3) is 0.214. The summed E-state index contributed by atoms with van der Waals surface area (Å²) in [4.78, 5) is 14.9. The molecule has 0 aliphatic rings. The van der Waals surface area contributed by atoms with Crippen LogP contribution in [-0.4, -0.2) is 35.5 Å². The summed E-state index contributed by atoms with van der Waals surface area (Å²) in [6.07, 6.45) is 3.31. The van der Waals surface area contributed by atoms with Gasteiger partial charge in [0.2, 0.25) is 5.95 Å². The van der Waals surface area contributed by atoms with E-state index in [1.165, 1.54) is 11.8 Å². The highest BCUT2D eigenvalue weighted by atomic mass is 79.9. The number of carbonyl (C=O) groups excluding carboxylic acids is 1. The van der Waals surface area contributed by atoms with Crippen LogP contribution in [0.3, 0.4) is 0 Å². The first-order chi connectivity index (χ1) is 10.9. The summed E-state index contributed by atoms with van der Waals surface area (Å²) in [6, 6.07) is 3.38. The Bertz CT molecular complexity index is 757. The number of carbonyl (C=O) groups is 1. The normalized spacial score (nSPS) is 10.9. The number of nitrogens with zero attached hydrogens (tertiary/aromatic N) is 3. The van der Waals surface area contributed by atoms with E-state index in [1.807, 2.05) is 6.92 Å². The second kappa shape index (κ2) is 7.14. The standard InChI is InChI=1S/C14H16BrN5O3/c1-8-6-20(14(17)19-8)18-5-9-3-11(22-2)12(4-10(9)15)23-7-13(16)21/h3-6H,7H2,1-2H3,(H2,16,21)(H2,17,19). The van der Waals surface area contributed by atoms with Crippen molar-refractivity contribution in [3.8, 4) is 11.5 Å². The van der Waals surface area contributed by atoms with Gasteiger partial charge in [0.05, 0.1) is 25.2 Å². The lowest BCUT2D eigenvalue weighted by Crippen LogP contribution is -2.20. The highest BCUT2D eigenvalue weighted by Crippen LogP contribution is 2.32. The van der Waals surface area contributed by atoms with Crippen molar-refractivity contribution >= 4 is 34.0 Å². The number of nitrogen functional groups attached to an aromatic ring is 1. The second-order valence-corrected chi connectivity index (χ2v) is 5.46. The summed E-state index contributed by atoms with van der Waals surface area (Å²) in [6.45, 7) is 1.59. The molecule has 23 heavy (non-hydrogen) atoms. The number of methoxy groups -OCH3 is 1. The van der Waals surface area contributed by atoms with Gasteiger partial charge in [-0.15, -0.1) is 0 Å². The predicted molar refractivity (Wildman–Crippen MR) is 89.8 cm³/mol. The van der Waals surface area contributed by atoms with Gasteiger partial charge in [0.1, 0.15) is 0 Å². The van der Waals surface area contributed by atoms with E-state index in [2.05, 4.69) is 26.0 Å². The van der Waals surface area contributed by atoms with Crippen molar-refractivity contribution in [1.82, 2.24) is 9.66 Å². The molecule has 2 aromatic rings. The van der Waals surface area contributed by atoms with Gasteiger partial charge in [-0.1, -0.05) is 0 Å². The Morgan fingerprint density at radius 3 is 2.78 bits per heavy atom. The van der Waals surface area contributed by atoms with Crippen LogP contribution in [-0.2, 0) is 4.79 Å². The Morgan fingerprint density at radius 2 is 2.22 bits per heavy atom. The number of hydrogen-bond acceptors (Lipinski definition) is 6. The van der Waals surface area contributed by atoms with E-state index in [1.54, 1.807) is 24.5 Å². The van der Waals surface area contributed by atoms with Crippen LogP contribution in [0, 0.1) is 6.92 Å². The fourth-order valence-corrected chi connectivity index (χ4v) is 2.22. The quantitative estimate of drug-likeness (QED) is 0.730. The van der Waals surface area contributed by atoms with Crippen molar-refractivity contribution in [2.45, 2.75) is 6.92 Å². The van der Waals surface area contributed by atoms with Crippen LogP contribution in [0.4, 0.5) is 5.95 Å². The van der Waals surface area contributed by atoms with Gasteiger partial charge in [-0.2, -0.15) is 5.10 Å². The zero-order chi connectivity index (χ0) is 17.0. The van der Waals surface area contributed by atoms with Crippen LogP contribution in [0.1, 0.15) is 11.3 Å². The molecule has 1 aromatic carbocycles. The number of hydrogen-bond donors (Lipinski definition) is 2. The molecule has 1 aromatic heterocycles. The maximum Gasteiger partial charge on any atom is 0.255 e. The highest BCUT2D eigenvalue weighted by Gasteiger charge is 2.10. The number of anilines is 1. The summed E-state index contributed by atoms with van der Waals surface area (Å²) in [7, 11) is 1.50. The predicted octanol–water partition coefficient (Wildman–Crippen LogP) is 1.29. The van der Waals surface area contributed by atoms with Crippen LogP contribution in [0.2, 0.25) is 0 Å². The average molecular weight is 382 g/mol. The Morgan fingerprint density at radius 1 is 1.48 bits per heavy atom. The maximum atomic E-state index is 10.8. The molecule has 1 heterocycles. The lowest BCUT2D eigenvalue weighted by molar-refractivity contribution is -0.119. The number of nitrogens with two attached hydrogens (primary N) is 2. The molecule has 0 saturated heterocycles. The molecular formula is C14H16BrN5O3. The lowest BCUT2D eigenvalue weighted by Gasteiger charge is -2.11. The molecule has 0 unspecified atom stereocenters. The molecule has 8 nitrogen and oxygen atoms in total. The van der Waals surface area contributed by atoms with Gasteiger partial charge in [0, 0.05) is 10.0 Å². The van der Waals surface area contributed by atoms with Gasteiger partial charge >= 0.3 is 0 Å². The van der Waals surface area contributed by atoms with Crippen LogP contribution in [0.5, 0.6) is 11.5 Å². The molecule has 0 spiro atoms. The first kappa shape index (κ1) is 16.8. The molecule has 2 rings (SSSR count). The van der Waals surface area contributed by atoms with Crippen molar-refractivity contribution in [3.05, 3.63) is 34.1 Å². The summed E-state index contributed by atoms with van der Waals surface area (Å²) in [5.74, 6) is 0.571. The third-order valence-electron chi connectivity index (χ3n) is 2.81. The van der Waals surface area contributed by atoms with Crippen molar-refractivity contribution in [1.29, 1.82) is 0 Å². The molecule has 0 fully saturated rings. The molecule has 0 aliphatic carbocycles. The first-order valence-corrected chi connectivity index (χ1v) is 7.34. The van der Waals surface area contributed by atoms with E-state index in [9.17, 15) is 4.79 Å². The summed E-state index contributed by atoms with van der Waals surface area (Å²) < 4.78 is 12.7. The number of aromatic nitrogens is 2. The SMILES string of the molecule is COc1cc(C=Nn2cc(C)nc2N)c(Br)cc1OCC(N)=O. The van der Waals surface area contributed by atoms with Crippen molar-refractivity contribution < 1.29 is 14.3 Å². The van der Waals surface area contributed by atoms with Crippen molar-refractivity contribution in [3.63, 3.8) is 0 Å². The number of imidazole rings is 1. The molecule has 4 N–H and O–H groups in total. The molecule has 0 aliphatic heterocycles. The smallest absolute Gasteiger partial charge is 0.255 e. The molecular weight excluding hydrogens is 366 g/mol. The number of ether oxygens (including phenoxy) is 2. The second-order valence-electron chi connectivity index (χ2n) is 4.61. The van der Waals surface area contributed by atoms with E-state index in [4.69, 9.17) is 20.9 Å². The van der Waals surface area contributed by atoms with Gasteiger partial charge in [-0.25, -0.2) is 9.66 Å². The number of amides is 1. The van der Waals surface area contributed by atoms with Crippen LogP contribution < -0.4 is 20.9 Å². The molecule has 0 bridgehead atoms. The maximum absolute atomic E-state index is 10.8. The minimum Gasteiger partial charge on any atom is -0.493 e. The molecule has 0 saturated carbocycles. The van der Waals surface area contributed by atoms with Gasteiger partial charge in [0.25, 0.3) is 5.91 Å². The largest absolute Gasteiger partial charge is 0.493 e. The number of primary amides is 1. The van der Waals surface area contributed by atoms with E-state index < -0.39 is 5.91 Å². The van der Waals surface area contributed by atoms with Crippen molar-refractivity contribution in [2.24, 2.45) is 10.8 Å². The van der Waals surface area contributed by atoms with Crippen LogP contribution >= 0.6 is 15.9 Å². The van der Waals surface area contributed by atoms with Gasteiger partial charge in [-0.3, -0.25) is 4.79 Å². The monoisotopic (exact) mass is 381 g/mol. The third-order valence-corrected chi connectivity index (χ3v) is 3.50. The number of aryl methyl sites for hydroxylation is 1. The van der Waals surface area contributed by atoms with Gasteiger partial charge < -0.3 is 20.9 Å². The van der Waals surface area contributed by atoms with Crippen LogP contribution in [0.25, 0.3) is 0 Å². The third kappa shape index (κ3) is 4.22. The van der Waals surface area contributed by atoms with Gasteiger partial charge in [-0.05, 0) is 35.0 Å². The molecule has 9 heteroatoms. The summed E-state index contributed by atoms with van der Waals surface area (Å²) in [5.41, 5.74) is 12.3. The van der Waals surface area contributed by atoms with E-state index in [0.29, 0.717) is 21.9 Å². The minimum atomic E-state index is -0.570. The summed E-state index contributed by atoms with van der Waals surface area (Å²) in [5, 5.41) is 4.24. The Labute approximate surface area is 141 Å². The Hall–Kier alpha value is -2.55. The van der Waals surface area contributed by atoms with E-state index in [-0.39, 0.29) is 6.61 Å². The van der Waals surface area contributed by atoms with E-state index in [0.717, 1.165) is 11.3 Å². The first-order valence-electron chi connectivity index (χ1n) is 6.55.